The highest BCUT2D eigenvalue weighted by Crippen LogP contribution is 2.16. The van der Waals surface area contributed by atoms with Gasteiger partial charge >= 0.3 is 0 Å². The second-order valence-electron chi connectivity index (χ2n) is 5.67. The summed E-state index contributed by atoms with van der Waals surface area (Å²) >= 11 is 0. The smallest absolute Gasteiger partial charge is 0.226 e. The van der Waals surface area contributed by atoms with Crippen LogP contribution in [0.3, 0.4) is 0 Å². The molecule has 0 saturated heterocycles. The van der Waals surface area contributed by atoms with E-state index in [1.165, 1.54) is 11.8 Å². The Morgan fingerprint density at radius 1 is 1.24 bits per heavy atom. The van der Waals surface area contributed by atoms with Crippen molar-refractivity contribution < 1.29 is 9.32 Å². The normalized spacial score (nSPS) is 12.3. The second kappa shape index (κ2) is 7.62. The van der Waals surface area contributed by atoms with E-state index in [0.29, 0.717) is 24.1 Å². The first-order valence-electron chi connectivity index (χ1n) is 7.35. The molecule has 0 aliphatic carbocycles. The van der Waals surface area contributed by atoms with Gasteiger partial charge in [0.25, 0.3) is 0 Å². The van der Waals surface area contributed by atoms with Gasteiger partial charge in [-0.25, -0.2) is 0 Å². The largest absolute Gasteiger partial charge is 0.364 e. The first-order valence-corrected chi connectivity index (χ1v) is 7.35. The fraction of sp³-hybridized carbons (Fsp3) is 0.412. The van der Waals surface area contributed by atoms with Crippen LogP contribution in [0, 0.1) is 11.8 Å². The van der Waals surface area contributed by atoms with E-state index in [2.05, 4.69) is 48.6 Å². The van der Waals surface area contributed by atoms with E-state index in [9.17, 15) is 4.79 Å². The predicted molar refractivity (Wildman–Crippen MR) is 81.7 cm³/mol. The van der Waals surface area contributed by atoms with Gasteiger partial charge in [-0.15, -0.1) is 0 Å². The zero-order chi connectivity index (χ0) is 15.1. The molecule has 0 bridgehead atoms. The minimum atomic E-state index is -0.0115. The average Bonchev–Trinajstić information content (AvgIpc) is 2.97. The van der Waals surface area contributed by atoms with Crippen molar-refractivity contribution in [2.45, 2.75) is 26.7 Å². The molecule has 4 nitrogen and oxygen atoms in total. The second-order valence-corrected chi connectivity index (χ2v) is 5.67. The molecule has 0 aliphatic rings. The Kier molecular flexibility index (Phi) is 5.55. The van der Waals surface area contributed by atoms with Crippen molar-refractivity contribution in [1.29, 1.82) is 0 Å². The molecule has 2 rings (SSSR count). The summed E-state index contributed by atoms with van der Waals surface area (Å²) < 4.78 is 4.73. The summed E-state index contributed by atoms with van der Waals surface area (Å²) in [5, 5.41) is 6.75. The monoisotopic (exact) mass is 286 g/mol. The Labute approximate surface area is 125 Å². The molecule has 21 heavy (non-hydrogen) atoms. The van der Waals surface area contributed by atoms with E-state index in [1.54, 1.807) is 6.07 Å². The van der Waals surface area contributed by atoms with Gasteiger partial charge in [0.05, 0.1) is 12.1 Å². The number of nitrogens with one attached hydrogen (secondary N) is 1. The van der Waals surface area contributed by atoms with E-state index in [0.717, 1.165) is 6.42 Å². The van der Waals surface area contributed by atoms with Gasteiger partial charge in [0.1, 0.15) is 6.26 Å². The maximum Gasteiger partial charge on any atom is 0.226 e. The quantitative estimate of drug-likeness (QED) is 0.851. The highest BCUT2D eigenvalue weighted by Gasteiger charge is 2.15. The molecule has 2 aromatic rings. The van der Waals surface area contributed by atoms with E-state index in [1.807, 2.05) is 6.07 Å². The van der Waals surface area contributed by atoms with Gasteiger partial charge in [-0.1, -0.05) is 49.3 Å². The van der Waals surface area contributed by atoms with Crippen LogP contribution in [0.5, 0.6) is 0 Å². The summed E-state index contributed by atoms with van der Waals surface area (Å²) in [6.45, 7) is 5.07. The van der Waals surface area contributed by atoms with Crippen LogP contribution in [-0.2, 0) is 17.6 Å². The fourth-order valence-corrected chi connectivity index (χ4v) is 2.26. The average molecular weight is 286 g/mol. The number of aromatic nitrogens is 1. The molecule has 0 fully saturated rings. The van der Waals surface area contributed by atoms with Crippen molar-refractivity contribution in [2.24, 2.45) is 11.8 Å². The molecule has 0 aliphatic heterocycles. The van der Waals surface area contributed by atoms with Gasteiger partial charge in [0, 0.05) is 12.6 Å². The zero-order valence-electron chi connectivity index (χ0n) is 12.6. The Morgan fingerprint density at radius 2 is 2.00 bits per heavy atom. The van der Waals surface area contributed by atoms with Crippen molar-refractivity contribution in [3.8, 4) is 0 Å². The van der Waals surface area contributed by atoms with Gasteiger partial charge < -0.3 is 9.84 Å². The molecular formula is C17H22N2O2. The fourth-order valence-electron chi connectivity index (χ4n) is 2.26. The number of nitrogens with zero attached hydrogens (tertiary/aromatic N) is 1. The van der Waals surface area contributed by atoms with Crippen molar-refractivity contribution in [2.75, 3.05) is 6.54 Å². The maximum absolute atomic E-state index is 11.9. The van der Waals surface area contributed by atoms with Crippen LogP contribution >= 0.6 is 0 Å². The first kappa shape index (κ1) is 15.3. The van der Waals surface area contributed by atoms with E-state index in [4.69, 9.17) is 4.52 Å². The van der Waals surface area contributed by atoms with Crippen LogP contribution in [0.2, 0.25) is 0 Å². The van der Waals surface area contributed by atoms with E-state index >= 15 is 0 Å². The van der Waals surface area contributed by atoms with Crippen LogP contribution in [0.15, 0.2) is 47.2 Å². The number of hydrogen-bond donors (Lipinski definition) is 1. The third-order valence-electron chi connectivity index (χ3n) is 3.68. The van der Waals surface area contributed by atoms with Gasteiger partial charge in [-0.3, -0.25) is 4.79 Å². The van der Waals surface area contributed by atoms with Crippen molar-refractivity contribution in [1.82, 2.24) is 10.5 Å². The summed E-state index contributed by atoms with van der Waals surface area (Å²) in [5.74, 6) is 0.925. The molecule has 0 radical (unpaired) electrons. The van der Waals surface area contributed by atoms with Crippen LogP contribution in [0.1, 0.15) is 25.1 Å². The standard InChI is InChI=1S/C17H22N2O2/c1-13(2)15(10-14-6-4-3-5-7-14)12-18-17(20)11-16-8-9-21-19-16/h3-9,13,15H,10-12H2,1-2H3,(H,18,20)/t15-/m1/s1. The first-order chi connectivity index (χ1) is 10.1. The lowest BCUT2D eigenvalue weighted by Crippen LogP contribution is -2.33. The van der Waals surface area contributed by atoms with Crippen LogP contribution in [0.4, 0.5) is 0 Å². The summed E-state index contributed by atoms with van der Waals surface area (Å²) in [7, 11) is 0. The van der Waals surface area contributed by atoms with Crippen LogP contribution in [-0.4, -0.2) is 17.6 Å². The maximum atomic E-state index is 11.9. The number of amides is 1. The SMILES string of the molecule is CC(C)[C@@H](CNC(=O)Cc1ccon1)Cc1ccccc1. The Balaban J connectivity index is 1.84. The molecule has 1 aromatic carbocycles. The van der Waals surface area contributed by atoms with Crippen molar-refractivity contribution in [3.63, 3.8) is 0 Å². The number of hydrogen-bond acceptors (Lipinski definition) is 3. The van der Waals surface area contributed by atoms with Gasteiger partial charge in [-0.2, -0.15) is 0 Å². The molecule has 0 unspecified atom stereocenters. The Morgan fingerprint density at radius 3 is 2.62 bits per heavy atom. The van der Waals surface area contributed by atoms with Crippen LogP contribution < -0.4 is 5.32 Å². The third-order valence-corrected chi connectivity index (χ3v) is 3.68. The molecule has 112 valence electrons. The number of carbonyl (C=O) groups is 1. The molecule has 1 N–H and O–H groups in total. The van der Waals surface area contributed by atoms with Gasteiger partial charge in [0.2, 0.25) is 5.91 Å². The molecule has 1 aromatic heterocycles. The lowest BCUT2D eigenvalue weighted by molar-refractivity contribution is -0.120. The summed E-state index contributed by atoms with van der Waals surface area (Å²) in [6.07, 6.45) is 2.73. The minimum absolute atomic E-state index is 0.0115. The predicted octanol–water partition coefficient (Wildman–Crippen LogP) is 2.85. The summed E-state index contributed by atoms with van der Waals surface area (Å²) in [4.78, 5) is 11.9. The van der Waals surface area contributed by atoms with Crippen molar-refractivity contribution in [3.05, 3.63) is 53.9 Å². The molecule has 1 atom stereocenters. The van der Waals surface area contributed by atoms with E-state index < -0.39 is 0 Å². The van der Waals surface area contributed by atoms with Gasteiger partial charge in [-0.05, 0) is 23.8 Å². The number of rotatable bonds is 7. The highest BCUT2D eigenvalue weighted by atomic mass is 16.5. The molecule has 1 heterocycles. The molecule has 1 amide bonds. The Bertz CT molecular complexity index is 535. The molecule has 0 saturated carbocycles. The van der Waals surface area contributed by atoms with Crippen molar-refractivity contribution >= 4 is 5.91 Å². The zero-order valence-corrected chi connectivity index (χ0v) is 12.6. The molecule has 4 heteroatoms. The third kappa shape index (κ3) is 5.06. The summed E-state index contributed by atoms with van der Waals surface area (Å²) in [5.41, 5.74) is 1.97. The lowest BCUT2D eigenvalue weighted by atomic mass is 9.89. The lowest BCUT2D eigenvalue weighted by Gasteiger charge is -2.21. The van der Waals surface area contributed by atoms with Crippen LogP contribution in [0.25, 0.3) is 0 Å². The van der Waals surface area contributed by atoms with E-state index in [-0.39, 0.29) is 12.3 Å². The molecular weight excluding hydrogens is 264 g/mol. The van der Waals surface area contributed by atoms with Gasteiger partial charge in [0.15, 0.2) is 0 Å². The topological polar surface area (TPSA) is 55.1 Å². The highest BCUT2D eigenvalue weighted by molar-refractivity contribution is 5.77. The Hall–Kier alpha value is -2.10. The number of benzene rings is 1. The summed E-state index contributed by atoms with van der Waals surface area (Å²) in [6, 6.07) is 12.1. The number of carbonyl (C=O) groups excluding carboxylic acids is 1. The molecule has 0 spiro atoms. The minimum Gasteiger partial charge on any atom is -0.364 e.